The monoisotopic (exact) mass is 219 g/mol. The molecule has 1 aliphatic rings. The Kier molecular flexibility index (Phi) is 2.50. The molecule has 86 valence electrons. The summed E-state index contributed by atoms with van der Waals surface area (Å²) in [4.78, 5) is 13.9. The second kappa shape index (κ2) is 3.70. The fourth-order valence-electron chi connectivity index (χ4n) is 2.05. The van der Waals surface area contributed by atoms with Crippen LogP contribution in [0.25, 0.3) is 0 Å². The highest BCUT2D eigenvalue weighted by Crippen LogP contribution is 2.36. The fraction of sp³-hybridized carbons (Fsp3) is 0.417. The van der Waals surface area contributed by atoms with Crippen LogP contribution in [0.1, 0.15) is 20.8 Å². The molecule has 0 fully saturated rings. The molecule has 1 amide bonds. The van der Waals surface area contributed by atoms with Crippen LogP contribution in [-0.4, -0.2) is 18.0 Å². The molecule has 0 saturated heterocycles. The number of nitrogens with two attached hydrogens (primary N) is 1. The SMILES string of the molecule is CC1Nc2c(N)cccc2N(C(C)C)C1=O. The quantitative estimate of drug-likeness (QED) is 0.708. The smallest absolute Gasteiger partial charge is 0.249 e. The largest absolute Gasteiger partial charge is 0.397 e. The molecule has 4 nitrogen and oxygen atoms in total. The highest BCUT2D eigenvalue weighted by molar-refractivity contribution is 6.07. The Labute approximate surface area is 95.4 Å². The molecule has 1 aliphatic heterocycles. The van der Waals surface area contributed by atoms with Crippen molar-refractivity contribution in [1.82, 2.24) is 0 Å². The number of anilines is 3. The van der Waals surface area contributed by atoms with Crippen LogP contribution in [0.3, 0.4) is 0 Å². The van der Waals surface area contributed by atoms with E-state index in [1.807, 2.05) is 39.0 Å². The molecule has 16 heavy (non-hydrogen) atoms. The molecule has 2 rings (SSSR count). The predicted molar refractivity (Wildman–Crippen MR) is 66.6 cm³/mol. The van der Waals surface area contributed by atoms with Gasteiger partial charge in [-0.25, -0.2) is 0 Å². The molecule has 1 aromatic rings. The average molecular weight is 219 g/mol. The van der Waals surface area contributed by atoms with E-state index in [9.17, 15) is 4.79 Å². The molecule has 1 atom stereocenters. The van der Waals surface area contributed by atoms with Crippen molar-refractivity contribution in [1.29, 1.82) is 0 Å². The van der Waals surface area contributed by atoms with Gasteiger partial charge in [0.25, 0.3) is 0 Å². The number of carbonyl (C=O) groups excluding carboxylic acids is 1. The number of hydrogen-bond acceptors (Lipinski definition) is 3. The zero-order chi connectivity index (χ0) is 11.9. The topological polar surface area (TPSA) is 58.4 Å². The normalized spacial score (nSPS) is 19.6. The fourth-order valence-corrected chi connectivity index (χ4v) is 2.05. The van der Waals surface area contributed by atoms with Crippen LogP contribution in [0, 0.1) is 0 Å². The second-order valence-electron chi connectivity index (χ2n) is 4.41. The lowest BCUT2D eigenvalue weighted by Gasteiger charge is -2.37. The number of fused-ring (bicyclic) bond motifs is 1. The van der Waals surface area contributed by atoms with Gasteiger partial charge >= 0.3 is 0 Å². The average Bonchev–Trinajstić information content (AvgIpc) is 2.21. The molecule has 0 saturated carbocycles. The van der Waals surface area contributed by atoms with E-state index in [1.165, 1.54) is 0 Å². The molecular formula is C12H17N3O. The number of amides is 1. The summed E-state index contributed by atoms with van der Waals surface area (Å²) in [6.07, 6.45) is 0. The maximum absolute atomic E-state index is 12.1. The number of hydrogen-bond donors (Lipinski definition) is 2. The van der Waals surface area contributed by atoms with E-state index in [0.29, 0.717) is 5.69 Å². The van der Waals surface area contributed by atoms with Crippen molar-refractivity contribution in [2.45, 2.75) is 32.9 Å². The van der Waals surface area contributed by atoms with E-state index in [1.54, 1.807) is 4.90 Å². The molecule has 0 aromatic heterocycles. The first-order valence-electron chi connectivity index (χ1n) is 5.50. The van der Waals surface area contributed by atoms with Gasteiger partial charge in [-0.3, -0.25) is 4.79 Å². The highest BCUT2D eigenvalue weighted by Gasteiger charge is 2.31. The zero-order valence-corrected chi connectivity index (χ0v) is 9.82. The van der Waals surface area contributed by atoms with Gasteiger partial charge in [0.2, 0.25) is 5.91 Å². The summed E-state index contributed by atoms with van der Waals surface area (Å²) in [5.41, 5.74) is 8.33. The van der Waals surface area contributed by atoms with Crippen molar-refractivity contribution in [2.75, 3.05) is 16.0 Å². The summed E-state index contributed by atoms with van der Waals surface area (Å²) in [7, 11) is 0. The maximum Gasteiger partial charge on any atom is 0.249 e. The molecule has 1 unspecified atom stereocenters. The Morgan fingerprint density at radius 1 is 1.44 bits per heavy atom. The first-order valence-corrected chi connectivity index (χ1v) is 5.50. The van der Waals surface area contributed by atoms with Gasteiger partial charge in [0.15, 0.2) is 0 Å². The number of para-hydroxylation sites is 1. The van der Waals surface area contributed by atoms with Crippen molar-refractivity contribution in [3.05, 3.63) is 18.2 Å². The molecule has 3 N–H and O–H groups in total. The number of nitrogen functional groups attached to an aromatic ring is 1. The summed E-state index contributed by atoms with van der Waals surface area (Å²) < 4.78 is 0. The van der Waals surface area contributed by atoms with Crippen LogP contribution in [-0.2, 0) is 4.79 Å². The van der Waals surface area contributed by atoms with E-state index in [-0.39, 0.29) is 18.0 Å². The lowest BCUT2D eigenvalue weighted by Crippen LogP contribution is -2.49. The zero-order valence-electron chi connectivity index (χ0n) is 9.82. The molecule has 0 spiro atoms. The van der Waals surface area contributed by atoms with E-state index in [4.69, 9.17) is 5.73 Å². The highest BCUT2D eigenvalue weighted by atomic mass is 16.2. The third kappa shape index (κ3) is 1.50. The third-order valence-corrected chi connectivity index (χ3v) is 2.82. The number of benzene rings is 1. The first-order chi connectivity index (χ1) is 7.52. The summed E-state index contributed by atoms with van der Waals surface area (Å²) in [6, 6.07) is 5.54. The lowest BCUT2D eigenvalue weighted by atomic mass is 10.1. The van der Waals surface area contributed by atoms with Gasteiger partial charge in [0, 0.05) is 6.04 Å². The minimum atomic E-state index is -0.223. The molecule has 1 aromatic carbocycles. The number of rotatable bonds is 1. The third-order valence-electron chi connectivity index (χ3n) is 2.82. The molecule has 0 aliphatic carbocycles. The Bertz CT molecular complexity index is 428. The van der Waals surface area contributed by atoms with Crippen LogP contribution in [0.5, 0.6) is 0 Å². The summed E-state index contributed by atoms with van der Waals surface area (Å²) >= 11 is 0. The van der Waals surface area contributed by atoms with Crippen LogP contribution in [0.15, 0.2) is 18.2 Å². The van der Waals surface area contributed by atoms with Gasteiger partial charge in [0.1, 0.15) is 6.04 Å². The molecule has 0 radical (unpaired) electrons. The molecule has 1 heterocycles. The van der Waals surface area contributed by atoms with E-state index in [2.05, 4.69) is 5.32 Å². The van der Waals surface area contributed by atoms with Gasteiger partial charge in [-0.05, 0) is 32.9 Å². The minimum Gasteiger partial charge on any atom is -0.397 e. The van der Waals surface area contributed by atoms with Gasteiger partial charge in [-0.2, -0.15) is 0 Å². The minimum absolute atomic E-state index is 0.0908. The summed E-state index contributed by atoms with van der Waals surface area (Å²) in [6.45, 7) is 5.86. The van der Waals surface area contributed by atoms with Gasteiger partial charge in [0.05, 0.1) is 17.1 Å². The Balaban J connectivity index is 2.56. The second-order valence-corrected chi connectivity index (χ2v) is 4.41. The summed E-state index contributed by atoms with van der Waals surface area (Å²) in [5, 5.41) is 3.15. The Hall–Kier alpha value is -1.71. The number of carbonyl (C=O) groups is 1. The van der Waals surface area contributed by atoms with E-state index < -0.39 is 0 Å². The predicted octanol–water partition coefficient (Wildman–Crippen LogP) is 1.82. The summed E-state index contributed by atoms with van der Waals surface area (Å²) in [5.74, 6) is 0.0908. The first kappa shape index (κ1) is 10.8. The number of nitrogens with one attached hydrogen (secondary N) is 1. The standard InChI is InChI=1S/C12H17N3O/c1-7(2)15-10-6-4-5-9(13)11(10)14-8(3)12(15)16/h4-8,14H,13H2,1-3H3. The van der Waals surface area contributed by atoms with Gasteiger partial charge < -0.3 is 16.0 Å². The van der Waals surface area contributed by atoms with Crippen LogP contribution < -0.4 is 16.0 Å². The molecule has 4 heteroatoms. The van der Waals surface area contributed by atoms with Crippen LogP contribution in [0.4, 0.5) is 17.1 Å². The van der Waals surface area contributed by atoms with Crippen molar-refractivity contribution in [3.8, 4) is 0 Å². The van der Waals surface area contributed by atoms with Gasteiger partial charge in [-0.1, -0.05) is 6.07 Å². The van der Waals surface area contributed by atoms with Crippen LogP contribution in [0.2, 0.25) is 0 Å². The van der Waals surface area contributed by atoms with Crippen LogP contribution >= 0.6 is 0 Å². The lowest BCUT2D eigenvalue weighted by molar-refractivity contribution is -0.119. The van der Waals surface area contributed by atoms with E-state index >= 15 is 0 Å². The maximum atomic E-state index is 12.1. The van der Waals surface area contributed by atoms with Crippen molar-refractivity contribution >= 4 is 23.0 Å². The Morgan fingerprint density at radius 2 is 2.12 bits per heavy atom. The van der Waals surface area contributed by atoms with Crippen molar-refractivity contribution in [2.24, 2.45) is 0 Å². The van der Waals surface area contributed by atoms with Gasteiger partial charge in [-0.15, -0.1) is 0 Å². The van der Waals surface area contributed by atoms with Crippen molar-refractivity contribution in [3.63, 3.8) is 0 Å². The Morgan fingerprint density at radius 3 is 2.75 bits per heavy atom. The van der Waals surface area contributed by atoms with Crippen molar-refractivity contribution < 1.29 is 4.79 Å². The number of nitrogens with zero attached hydrogens (tertiary/aromatic N) is 1. The molecule has 0 bridgehead atoms. The molecular weight excluding hydrogens is 202 g/mol. The van der Waals surface area contributed by atoms with E-state index in [0.717, 1.165) is 11.4 Å².